The number of hydrogen-bond donors (Lipinski definition) is 2. The van der Waals surface area contributed by atoms with Crippen molar-refractivity contribution in [2.45, 2.75) is 39.0 Å². The van der Waals surface area contributed by atoms with Gasteiger partial charge in [-0.25, -0.2) is 0 Å². The average molecular weight is 253 g/mol. The second kappa shape index (κ2) is 5.18. The number of halogens is 1. The highest BCUT2D eigenvalue weighted by atomic mass is 35.5. The molecule has 0 atom stereocenters. The molecule has 0 aliphatic heterocycles. The summed E-state index contributed by atoms with van der Waals surface area (Å²) in [6, 6.07) is 5.76. The van der Waals surface area contributed by atoms with Crippen LogP contribution in [0.25, 0.3) is 0 Å². The van der Waals surface area contributed by atoms with Crippen molar-refractivity contribution in [2.75, 3.05) is 17.6 Å². The van der Waals surface area contributed by atoms with Crippen molar-refractivity contribution in [1.29, 1.82) is 0 Å². The zero-order valence-electron chi connectivity index (χ0n) is 10.4. The van der Waals surface area contributed by atoms with Gasteiger partial charge in [-0.2, -0.15) is 0 Å². The van der Waals surface area contributed by atoms with Crippen LogP contribution in [0, 0.1) is 5.41 Å². The Morgan fingerprint density at radius 1 is 1.35 bits per heavy atom. The highest BCUT2D eigenvalue weighted by Crippen LogP contribution is 2.41. The number of benzene rings is 1. The normalized spacial score (nSPS) is 18.2. The van der Waals surface area contributed by atoms with E-state index in [0.29, 0.717) is 16.1 Å². The molecule has 3 N–H and O–H groups in total. The molecule has 1 aromatic rings. The lowest BCUT2D eigenvalue weighted by atomic mass is 9.83. The second-order valence-electron chi connectivity index (χ2n) is 5.12. The molecule has 1 fully saturated rings. The molecule has 17 heavy (non-hydrogen) atoms. The van der Waals surface area contributed by atoms with E-state index < -0.39 is 0 Å². The summed E-state index contributed by atoms with van der Waals surface area (Å²) in [6.45, 7) is 3.29. The summed E-state index contributed by atoms with van der Waals surface area (Å²) in [5.41, 5.74) is 8.06. The minimum absolute atomic E-state index is 0.467. The molecule has 0 spiro atoms. The van der Waals surface area contributed by atoms with Gasteiger partial charge in [-0.05, 0) is 36.8 Å². The lowest BCUT2D eigenvalue weighted by molar-refractivity contribution is 0.307. The summed E-state index contributed by atoms with van der Waals surface area (Å²) in [5, 5.41) is 4.11. The van der Waals surface area contributed by atoms with E-state index in [1.165, 1.54) is 32.1 Å². The second-order valence-corrected chi connectivity index (χ2v) is 5.52. The predicted octanol–water partition coefficient (Wildman–Crippen LogP) is 4.30. The van der Waals surface area contributed by atoms with Crippen molar-refractivity contribution in [3.05, 3.63) is 23.2 Å². The molecule has 3 heteroatoms. The molecule has 0 amide bonds. The molecule has 0 heterocycles. The molecule has 0 radical (unpaired) electrons. The maximum atomic E-state index is 6.01. The van der Waals surface area contributed by atoms with Crippen LogP contribution in [0.4, 0.5) is 11.4 Å². The van der Waals surface area contributed by atoms with Gasteiger partial charge in [0.05, 0.1) is 16.4 Å². The van der Waals surface area contributed by atoms with E-state index in [4.69, 9.17) is 17.3 Å². The summed E-state index contributed by atoms with van der Waals surface area (Å²) in [5.74, 6) is 0. The number of nitrogens with two attached hydrogens (primary N) is 1. The van der Waals surface area contributed by atoms with Gasteiger partial charge in [-0.1, -0.05) is 37.4 Å². The maximum Gasteiger partial charge on any atom is 0.0739 e. The molecule has 1 saturated carbocycles. The Morgan fingerprint density at radius 3 is 2.71 bits per heavy atom. The summed E-state index contributed by atoms with van der Waals surface area (Å²) < 4.78 is 0. The van der Waals surface area contributed by atoms with Gasteiger partial charge in [-0.3, -0.25) is 0 Å². The van der Waals surface area contributed by atoms with Gasteiger partial charge in [0.2, 0.25) is 0 Å². The quantitative estimate of drug-likeness (QED) is 0.784. The first kappa shape index (κ1) is 12.6. The highest BCUT2D eigenvalue weighted by Gasteiger charge is 2.31. The fraction of sp³-hybridized carbons (Fsp3) is 0.571. The Kier molecular flexibility index (Phi) is 3.82. The SMILES string of the molecule is CCC1(CNc2cccc(Cl)c2N)CCCC1. The third-order valence-corrected chi connectivity index (χ3v) is 4.45. The molecule has 1 aliphatic rings. The molecule has 0 saturated heterocycles. The van der Waals surface area contributed by atoms with E-state index in [1.54, 1.807) is 0 Å². The predicted molar refractivity (Wildman–Crippen MR) is 75.5 cm³/mol. The van der Waals surface area contributed by atoms with Crippen molar-refractivity contribution < 1.29 is 0 Å². The zero-order valence-corrected chi connectivity index (χ0v) is 11.2. The third-order valence-electron chi connectivity index (χ3n) is 4.12. The minimum Gasteiger partial charge on any atom is -0.396 e. The number of anilines is 2. The van der Waals surface area contributed by atoms with Crippen molar-refractivity contribution in [2.24, 2.45) is 5.41 Å². The van der Waals surface area contributed by atoms with Crippen LogP contribution in [0.15, 0.2) is 18.2 Å². The van der Waals surface area contributed by atoms with Crippen molar-refractivity contribution in [1.82, 2.24) is 0 Å². The van der Waals surface area contributed by atoms with E-state index in [2.05, 4.69) is 12.2 Å². The molecule has 1 aliphatic carbocycles. The molecule has 1 aromatic carbocycles. The van der Waals surface area contributed by atoms with Crippen LogP contribution in [0.2, 0.25) is 5.02 Å². The largest absolute Gasteiger partial charge is 0.396 e. The van der Waals surface area contributed by atoms with E-state index in [0.717, 1.165) is 12.2 Å². The number of nitrogens with one attached hydrogen (secondary N) is 1. The molecule has 0 aromatic heterocycles. The molecule has 2 rings (SSSR count). The molecule has 2 nitrogen and oxygen atoms in total. The van der Waals surface area contributed by atoms with Crippen LogP contribution in [-0.4, -0.2) is 6.54 Å². The van der Waals surface area contributed by atoms with Crippen LogP contribution in [-0.2, 0) is 0 Å². The Balaban J connectivity index is 2.04. The van der Waals surface area contributed by atoms with E-state index >= 15 is 0 Å². The van der Waals surface area contributed by atoms with E-state index in [9.17, 15) is 0 Å². The fourth-order valence-electron chi connectivity index (χ4n) is 2.75. The Labute approximate surface area is 109 Å². The van der Waals surface area contributed by atoms with E-state index in [1.807, 2.05) is 18.2 Å². The first-order valence-corrected chi connectivity index (χ1v) is 6.82. The van der Waals surface area contributed by atoms with Gasteiger partial charge in [0, 0.05) is 6.54 Å². The maximum absolute atomic E-state index is 6.01. The number of hydrogen-bond acceptors (Lipinski definition) is 2. The van der Waals surface area contributed by atoms with Gasteiger partial charge >= 0.3 is 0 Å². The van der Waals surface area contributed by atoms with Gasteiger partial charge in [0.1, 0.15) is 0 Å². The first-order chi connectivity index (χ1) is 8.17. The van der Waals surface area contributed by atoms with Gasteiger partial charge in [0.15, 0.2) is 0 Å². The Bertz CT molecular complexity index is 384. The number of para-hydroxylation sites is 1. The topological polar surface area (TPSA) is 38.0 Å². The fourth-order valence-corrected chi connectivity index (χ4v) is 2.93. The molecule has 0 bridgehead atoms. The molecule has 94 valence electrons. The van der Waals surface area contributed by atoms with Crippen molar-refractivity contribution >= 4 is 23.0 Å². The van der Waals surface area contributed by atoms with Crippen LogP contribution in [0.5, 0.6) is 0 Å². The summed E-state index contributed by atoms with van der Waals surface area (Å²) in [7, 11) is 0. The number of rotatable bonds is 4. The molecular formula is C14H21ClN2. The first-order valence-electron chi connectivity index (χ1n) is 6.45. The summed E-state index contributed by atoms with van der Waals surface area (Å²) >= 11 is 6.01. The Hall–Kier alpha value is -0.890. The van der Waals surface area contributed by atoms with Crippen molar-refractivity contribution in [3.8, 4) is 0 Å². The number of nitrogen functional groups attached to an aromatic ring is 1. The van der Waals surface area contributed by atoms with Crippen LogP contribution in [0.3, 0.4) is 0 Å². The smallest absolute Gasteiger partial charge is 0.0739 e. The monoisotopic (exact) mass is 252 g/mol. The van der Waals surface area contributed by atoms with Crippen LogP contribution < -0.4 is 11.1 Å². The molecule has 0 unspecified atom stereocenters. The highest BCUT2D eigenvalue weighted by molar-refractivity contribution is 6.33. The van der Waals surface area contributed by atoms with E-state index in [-0.39, 0.29) is 0 Å². The van der Waals surface area contributed by atoms with Gasteiger partial charge < -0.3 is 11.1 Å². The molecular weight excluding hydrogens is 232 g/mol. The summed E-state index contributed by atoms with van der Waals surface area (Å²) in [6.07, 6.45) is 6.62. The Morgan fingerprint density at radius 2 is 2.06 bits per heavy atom. The minimum atomic E-state index is 0.467. The van der Waals surface area contributed by atoms with Gasteiger partial charge in [0.25, 0.3) is 0 Å². The standard InChI is InChI=1S/C14H21ClN2/c1-2-14(8-3-4-9-14)10-17-12-7-5-6-11(15)13(12)16/h5-7,17H,2-4,8-10,16H2,1H3. The third kappa shape index (κ3) is 2.68. The zero-order chi connectivity index (χ0) is 12.3. The van der Waals surface area contributed by atoms with Crippen LogP contribution in [0.1, 0.15) is 39.0 Å². The lowest BCUT2D eigenvalue weighted by Crippen LogP contribution is -2.26. The average Bonchev–Trinajstić information content (AvgIpc) is 2.81. The van der Waals surface area contributed by atoms with Crippen molar-refractivity contribution in [3.63, 3.8) is 0 Å². The summed E-state index contributed by atoms with van der Waals surface area (Å²) in [4.78, 5) is 0. The van der Waals surface area contributed by atoms with Gasteiger partial charge in [-0.15, -0.1) is 0 Å². The van der Waals surface area contributed by atoms with Crippen LogP contribution >= 0.6 is 11.6 Å². The lowest BCUT2D eigenvalue weighted by Gasteiger charge is -2.28.